The van der Waals surface area contributed by atoms with E-state index < -0.39 is 0 Å². The van der Waals surface area contributed by atoms with Crippen molar-refractivity contribution >= 4 is 23.6 Å². The molecule has 0 amide bonds. The average molecular weight is 305 g/mol. The van der Waals surface area contributed by atoms with Gasteiger partial charge in [0.05, 0.1) is 0 Å². The van der Waals surface area contributed by atoms with Crippen LogP contribution in [0, 0.1) is 0 Å². The number of benzene rings is 1. The second-order valence-electron chi connectivity index (χ2n) is 4.28. The molecule has 0 fully saturated rings. The standard InChI is InChI=1S/C15H17ClN4O/c1-3-7-11-8-5-6-9-12(11)21-15-19-13(16)18-14(20-15)17-10-4-2/h3,5-9H,4,10H2,1-2H3,(H,17,18,19,20)/b7-3+. The molecule has 110 valence electrons. The molecule has 0 atom stereocenters. The number of halogens is 1. The molecule has 1 heterocycles. The molecule has 21 heavy (non-hydrogen) atoms. The van der Waals surface area contributed by atoms with Crippen molar-refractivity contribution in [3.05, 3.63) is 41.2 Å². The van der Waals surface area contributed by atoms with Crippen LogP contribution < -0.4 is 10.1 Å². The van der Waals surface area contributed by atoms with Crippen LogP contribution in [0.4, 0.5) is 5.95 Å². The average Bonchev–Trinajstić information content (AvgIpc) is 2.47. The predicted molar refractivity (Wildman–Crippen MR) is 84.8 cm³/mol. The lowest BCUT2D eigenvalue weighted by atomic mass is 10.2. The van der Waals surface area contributed by atoms with Crippen LogP contribution in [0.2, 0.25) is 5.28 Å². The molecule has 2 aromatic rings. The Labute approximate surface area is 129 Å². The van der Waals surface area contributed by atoms with Crippen molar-refractivity contribution in [1.29, 1.82) is 0 Å². The minimum absolute atomic E-state index is 0.0992. The summed E-state index contributed by atoms with van der Waals surface area (Å²) < 4.78 is 5.73. The van der Waals surface area contributed by atoms with E-state index >= 15 is 0 Å². The summed E-state index contributed by atoms with van der Waals surface area (Å²) in [5, 5.41) is 3.16. The first-order valence-electron chi connectivity index (χ1n) is 6.78. The molecule has 0 saturated carbocycles. The third kappa shape index (κ3) is 4.43. The van der Waals surface area contributed by atoms with Crippen LogP contribution >= 0.6 is 11.6 Å². The minimum atomic E-state index is 0.0992. The third-order valence-electron chi connectivity index (χ3n) is 2.59. The number of nitrogens with one attached hydrogen (secondary N) is 1. The summed E-state index contributed by atoms with van der Waals surface area (Å²) in [5.41, 5.74) is 0.944. The van der Waals surface area contributed by atoms with Crippen molar-refractivity contribution in [3.8, 4) is 11.8 Å². The quantitative estimate of drug-likeness (QED) is 0.867. The van der Waals surface area contributed by atoms with Gasteiger partial charge in [0.2, 0.25) is 11.2 Å². The Morgan fingerprint density at radius 1 is 1.24 bits per heavy atom. The maximum atomic E-state index is 5.90. The van der Waals surface area contributed by atoms with E-state index in [1.54, 1.807) is 0 Å². The molecule has 1 aromatic carbocycles. The van der Waals surface area contributed by atoms with E-state index in [0.29, 0.717) is 11.7 Å². The van der Waals surface area contributed by atoms with E-state index in [2.05, 4.69) is 27.2 Å². The van der Waals surface area contributed by atoms with E-state index in [4.69, 9.17) is 16.3 Å². The number of hydrogen-bond acceptors (Lipinski definition) is 5. The Balaban J connectivity index is 2.25. The van der Waals surface area contributed by atoms with Crippen LogP contribution in [0.1, 0.15) is 25.8 Å². The third-order valence-corrected chi connectivity index (χ3v) is 2.76. The number of nitrogens with zero attached hydrogens (tertiary/aromatic N) is 3. The fraction of sp³-hybridized carbons (Fsp3) is 0.267. The molecule has 0 spiro atoms. The lowest BCUT2D eigenvalue weighted by Crippen LogP contribution is -2.06. The van der Waals surface area contributed by atoms with Gasteiger partial charge in [-0.15, -0.1) is 0 Å². The van der Waals surface area contributed by atoms with E-state index in [0.717, 1.165) is 18.5 Å². The van der Waals surface area contributed by atoms with E-state index in [1.165, 1.54) is 0 Å². The first-order valence-corrected chi connectivity index (χ1v) is 7.15. The van der Waals surface area contributed by atoms with Crippen molar-refractivity contribution in [2.75, 3.05) is 11.9 Å². The van der Waals surface area contributed by atoms with Gasteiger partial charge in [0.25, 0.3) is 0 Å². The van der Waals surface area contributed by atoms with Crippen molar-refractivity contribution in [1.82, 2.24) is 15.0 Å². The summed E-state index contributed by atoms with van der Waals surface area (Å²) >= 11 is 5.90. The van der Waals surface area contributed by atoms with Gasteiger partial charge in [0, 0.05) is 12.1 Å². The van der Waals surface area contributed by atoms with Crippen LogP contribution in [-0.2, 0) is 0 Å². The van der Waals surface area contributed by atoms with Crippen molar-refractivity contribution in [2.24, 2.45) is 0 Å². The molecule has 0 aliphatic heterocycles. The molecule has 5 nitrogen and oxygen atoms in total. The van der Waals surface area contributed by atoms with Crippen LogP contribution in [-0.4, -0.2) is 21.5 Å². The molecule has 0 unspecified atom stereocenters. The summed E-state index contributed by atoms with van der Waals surface area (Å²) in [4.78, 5) is 12.2. The highest BCUT2D eigenvalue weighted by Crippen LogP contribution is 2.25. The SMILES string of the molecule is C/C=C/c1ccccc1Oc1nc(Cl)nc(NCCC)n1. The van der Waals surface area contributed by atoms with Crippen LogP contribution in [0.15, 0.2) is 30.3 Å². The van der Waals surface area contributed by atoms with Crippen molar-refractivity contribution in [2.45, 2.75) is 20.3 Å². The van der Waals surface area contributed by atoms with Crippen molar-refractivity contribution < 1.29 is 4.74 Å². The lowest BCUT2D eigenvalue weighted by molar-refractivity contribution is 0.439. The maximum Gasteiger partial charge on any atom is 0.328 e. The van der Waals surface area contributed by atoms with Gasteiger partial charge in [-0.05, 0) is 31.0 Å². The highest BCUT2D eigenvalue weighted by molar-refractivity contribution is 6.28. The molecule has 0 aliphatic rings. The Bertz CT molecular complexity index is 631. The van der Waals surface area contributed by atoms with Gasteiger partial charge < -0.3 is 10.1 Å². The maximum absolute atomic E-state index is 5.90. The highest BCUT2D eigenvalue weighted by Gasteiger charge is 2.08. The Kier molecular flexibility index (Phi) is 5.51. The molecule has 6 heteroatoms. The second-order valence-corrected chi connectivity index (χ2v) is 4.62. The number of ether oxygens (including phenoxy) is 1. The molecule has 0 bridgehead atoms. The minimum Gasteiger partial charge on any atom is -0.424 e. The zero-order valence-corrected chi connectivity index (χ0v) is 12.8. The van der Waals surface area contributed by atoms with Crippen LogP contribution in [0.3, 0.4) is 0 Å². The second kappa shape index (κ2) is 7.59. The van der Waals surface area contributed by atoms with Gasteiger partial charge >= 0.3 is 6.01 Å². The number of aromatic nitrogens is 3. The summed E-state index contributed by atoms with van der Waals surface area (Å²) in [6, 6.07) is 7.81. The van der Waals surface area contributed by atoms with E-state index in [1.807, 2.05) is 43.3 Å². The van der Waals surface area contributed by atoms with Crippen LogP contribution in [0.5, 0.6) is 11.8 Å². The molecular weight excluding hydrogens is 288 g/mol. The molecule has 2 rings (SSSR count). The number of rotatable bonds is 6. The predicted octanol–water partition coefficient (Wildman–Crippen LogP) is 4.17. The van der Waals surface area contributed by atoms with Crippen molar-refractivity contribution in [3.63, 3.8) is 0 Å². The Hall–Kier alpha value is -2.14. The largest absolute Gasteiger partial charge is 0.424 e. The monoisotopic (exact) mass is 304 g/mol. The molecule has 1 N–H and O–H groups in total. The molecule has 0 saturated heterocycles. The zero-order valence-electron chi connectivity index (χ0n) is 12.0. The molecular formula is C15H17ClN4O. The Morgan fingerprint density at radius 2 is 2.05 bits per heavy atom. The zero-order chi connectivity index (χ0) is 15.1. The lowest BCUT2D eigenvalue weighted by Gasteiger charge is -2.09. The fourth-order valence-corrected chi connectivity index (χ4v) is 1.83. The molecule has 0 aliphatic carbocycles. The number of hydrogen-bond donors (Lipinski definition) is 1. The van der Waals surface area contributed by atoms with Gasteiger partial charge in [0.1, 0.15) is 5.75 Å². The smallest absolute Gasteiger partial charge is 0.328 e. The summed E-state index contributed by atoms with van der Waals surface area (Å²) in [6.45, 7) is 4.76. The highest BCUT2D eigenvalue weighted by atomic mass is 35.5. The van der Waals surface area contributed by atoms with E-state index in [-0.39, 0.29) is 11.3 Å². The van der Waals surface area contributed by atoms with Gasteiger partial charge in [0.15, 0.2) is 0 Å². The Morgan fingerprint density at radius 3 is 2.81 bits per heavy atom. The van der Waals surface area contributed by atoms with Gasteiger partial charge in [-0.3, -0.25) is 0 Å². The summed E-state index contributed by atoms with van der Waals surface area (Å²) in [7, 11) is 0. The summed E-state index contributed by atoms with van der Waals surface area (Å²) in [6.07, 6.45) is 4.86. The molecule has 1 aromatic heterocycles. The van der Waals surface area contributed by atoms with Gasteiger partial charge in [-0.1, -0.05) is 37.3 Å². The topological polar surface area (TPSA) is 59.9 Å². The number of para-hydroxylation sites is 1. The van der Waals surface area contributed by atoms with Gasteiger partial charge in [-0.2, -0.15) is 15.0 Å². The number of anilines is 1. The first kappa shape index (κ1) is 15.3. The first-order chi connectivity index (χ1) is 10.2. The molecule has 0 radical (unpaired) electrons. The van der Waals surface area contributed by atoms with E-state index in [9.17, 15) is 0 Å². The number of allylic oxidation sites excluding steroid dienone is 1. The van der Waals surface area contributed by atoms with Gasteiger partial charge in [-0.25, -0.2) is 0 Å². The fourth-order valence-electron chi connectivity index (χ4n) is 1.68. The normalized spacial score (nSPS) is 10.8. The van der Waals surface area contributed by atoms with Crippen LogP contribution in [0.25, 0.3) is 6.08 Å². The summed E-state index contributed by atoms with van der Waals surface area (Å²) in [5.74, 6) is 1.08.